The zero-order valence-electron chi connectivity index (χ0n) is 8.00. The van der Waals surface area contributed by atoms with Crippen LogP contribution in [0.5, 0.6) is 0 Å². The first-order valence-electron chi connectivity index (χ1n) is 4.52. The highest BCUT2D eigenvalue weighted by atomic mass is 16.4. The second kappa shape index (κ2) is 4.29. The maximum absolute atomic E-state index is 10.1. The molecule has 4 heteroatoms. The van der Waals surface area contributed by atoms with Gasteiger partial charge in [0.15, 0.2) is 0 Å². The summed E-state index contributed by atoms with van der Waals surface area (Å²) in [5.74, 6) is 0. The first-order chi connectivity index (χ1) is 7.40. The lowest BCUT2D eigenvalue weighted by molar-refractivity contribution is 0.795. The molecule has 1 aromatic carbocycles. The molecule has 0 saturated carbocycles. The van der Waals surface area contributed by atoms with Gasteiger partial charge in [-0.2, -0.15) is 0 Å². The highest BCUT2D eigenvalue weighted by Gasteiger charge is 2.03. The number of hydrogen-bond donors (Lipinski definition) is 0. The summed E-state index contributed by atoms with van der Waals surface area (Å²) in [6.07, 6.45) is 5.31. The predicted molar refractivity (Wildman–Crippen MR) is 57.5 cm³/mol. The van der Waals surface area contributed by atoms with Crippen molar-refractivity contribution >= 4 is 0 Å². The smallest absolute Gasteiger partial charge is 0.336 e. The summed E-state index contributed by atoms with van der Waals surface area (Å²) in [5.41, 5.74) is 1.72. The minimum Gasteiger partial charge on any atom is -0.498 e. The monoisotopic (exact) mass is 199 g/mol. The molecule has 4 nitrogen and oxygen atoms in total. The Labute approximate surface area is 87.2 Å². The van der Waals surface area contributed by atoms with E-state index in [0.717, 1.165) is 11.1 Å². The van der Waals surface area contributed by atoms with E-state index in [4.69, 9.17) is 0 Å². The highest BCUT2D eigenvalue weighted by molar-refractivity contribution is 5.39. The lowest BCUT2D eigenvalue weighted by Gasteiger charge is -2.02. The maximum Gasteiger partial charge on any atom is 0.336 e. The summed E-state index contributed by atoms with van der Waals surface area (Å²) in [5, 5.41) is 12.8. The van der Waals surface area contributed by atoms with Crippen LogP contribution in [0.15, 0.2) is 43.0 Å². The number of hydrogen-bond acceptors (Lipinski definition) is 2. The Morgan fingerprint density at radius 1 is 1.40 bits per heavy atom. The van der Waals surface area contributed by atoms with Gasteiger partial charge in [-0.3, -0.25) is 0 Å². The molecule has 0 bridgehead atoms. The summed E-state index contributed by atoms with van der Waals surface area (Å²) >= 11 is 0. The van der Waals surface area contributed by atoms with Crippen molar-refractivity contribution in [2.24, 2.45) is 0 Å². The molecule has 0 fully saturated rings. The Bertz CT molecular complexity index is 494. The van der Waals surface area contributed by atoms with Crippen LogP contribution in [0, 0.1) is 11.3 Å². The van der Waals surface area contributed by atoms with Crippen LogP contribution in [0.3, 0.4) is 0 Å². The third-order valence-corrected chi connectivity index (χ3v) is 2.10. The van der Waals surface area contributed by atoms with Gasteiger partial charge in [0.05, 0.1) is 6.33 Å². The average Bonchev–Trinajstić information content (AvgIpc) is 2.74. The fourth-order valence-corrected chi connectivity index (χ4v) is 1.39. The highest BCUT2D eigenvalue weighted by Crippen LogP contribution is 2.09. The van der Waals surface area contributed by atoms with Gasteiger partial charge >= 0.3 is 6.07 Å². The van der Waals surface area contributed by atoms with Gasteiger partial charge in [-0.1, -0.05) is 18.2 Å². The topological polar surface area (TPSA) is 45.2 Å². The molecule has 0 unspecified atom stereocenters. The van der Waals surface area contributed by atoms with Crippen LogP contribution in [-0.4, -0.2) is 9.55 Å². The molecular formula is C11H9N3O. The van der Waals surface area contributed by atoms with Crippen LogP contribution in [0.2, 0.25) is 0 Å². The normalized spacial score (nSPS) is 9.33. The number of nitrogens with zero attached hydrogens (tertiary/aromatic N) is 3. The summed E-state index contributed by atoms with van der Waals surface area (Å²) < 4.78 is 1.92. The molecule has 0 aliphatic carbocycles. The Morgan fingerprint density at radius 3 is 3.00 bits per heavy atom. The number of aromatic nitrogens is 2. The van der Waals surface area contributed by atoms with E-state index in [1.165, 1.54) is 0 Å². The van der Waals surface area contributed by atoms with E-state index < -0.39 is 0 Å². The molecule has 0 saturated heterocycles. The predicted octanol–water partition coefficient (Wildman–Crippen LogP) is 2.11. The van der Waals surface area contributed by atoms with E-state index >= 15 is 0 Å². The van der Waals surface area contributed by atoms with Crippen molar-refractivity contribution in [1.29, 1.82) is 0 Å². The third kappa shape index (κ3) is 2.15. The number of imidazole rings is 1. The summed E-state index contributed by atoms with van der Waals surface area (Å²) in [6, 6.07) is 9.95. The summed E-state index contributed by atoms with van der Waals surface area (Å²) in [6.45, 7) is 0.665. The van der Waals surface area contributed by atoms with Gasteiger partial charge in [0.25, 0.3) is 0 Å². The summed E-state index contributed by atoms with van der Waals surface area (Å²) in [4.78, 5) is 3.95. The van der Waals surface area contributed by atoms with Crippen LogP contribution < -0.4 is 0 Å². The Kier molecular flexibility index (Phi) is 2.65. The van der Waals surface area contributed by atoms with Gasteiger partial charge in [-0.25, -0.2) is 4.98 Å². The lowest BCUT2D eigenvalue weighted by Crippen LogP contribution is -1.98. The van der Waals surface area contributed by atoms with Gasteiger partial charge < -0.3 is 9.77 Å². The summed E-state index contributed by atoms with van der Waals surface area (Å²) in [7, 11) is 0. The third-order valence-electron chi connectivity index (χ3n) is 2.10. The molecule has 15 heavy (non-hydrogen) atoms. The molecule has 0 radical (unpaired) electrons. The van der Waals surface area contributed by atoms with Gasteiger partial charge in [-0.15, -0.1) is 0 Å². The van der Waals surface area contributed by atoms with Crippen molar-refractivity contribution < 1.29 is 0 Å². The molecule has 0 amide bonds. The molecule has 74 valence electrons. The van der Waals surface area contributed by atoms with Gasteiger partial charge in [0.1, 0.15) is 5.56 Å². The van der Waals surface area contributed by atoms with E-state index in [9.17, 15) is 5.21 Å². The zero-order chi connectivity index (χ0) is 10.5. The van der Waals surface area contributed by atoms with E-state index in [1.54, 1.807) is 12.5 Å². The second-order valence-corrected chi connectivity index (χ2v) is 3.10. The second-order valence-electron chi connectivity index (χ2n) is 3.10. The molecule has 1 aromatic heterocycles. The van der Waals surface area contributed by atoms with E-state index in [2.05, 4.69) is 16.1 Å². The molecular weight excluding hydrogens is 190 g/mol. The lowest BCUT2D eigenvalue weighted by atomic mass is 10.1. The largest absolute Gasteiger partial charge is 0.498 e. The average molecular weight is 199 g/mol. The Hall–Kier alpha value is -2.28. The van der Waals surface area contributed by atoms with Crippen molar-refractivity contribution in [3.63, 3.8) is 0 Å². The van der Waals surface area contributed by atoms with Gasteiger partial charge in [0.2, 0.25) is 0 Å². The molecule has 2 aromatic rings. The maximum atomic E-state index is 10.1. The van der Waals surface area contributed by atoms with Crippen LogP contribution in [-0.2, 0) is 6.54 Å². The molecule has 0 N–H and O–H groups in total. The van der Waals surface area contributed by atoms with Crippen molar-refractivity contribution in [3.05, 3.63) is 64.3 Å². The molecule has 0 spiro atoms. The Balaban J connectivity index is 2.30. The van der Waals surface area contributed by atoms with E-state index in [1.807, 2.05) is 35.0 Å². The van der Waals surface area contributed by atoms with Crippen LogP contribution in [0.25, 0.3) is 5.01 Å². The quantitative estimate of drug-likeness (QED) is 0.695. The van der Waals surface area contributed by atoms with Crippen LogP contribution >= 0.6 is 0 Å². The van der Waals surface area contributed by atoms with E-state index in [-0.39, 0.29) is 0 Å². The SMILES string of the molecule is [O-][N+]#Cc1ccccc1Cn1ccnc1. The molecule has 0 aliphatic heterocycles. The zero-order valence-corrected chi connectivity index (χ0v) is 8.00. The minimum atomic E-state index is 0.665. The van der Waals surface area contributed by atoms with Crippen molar-refractivity contribution in [3.8, 4) is 6.07 Å². The fourth-order valence-electron chi connectivity index (χ4n) is 1.39. The standard InChI is InChI=1S/C11H9N3O/c15-13-7-10-3-1-2-4-11(10)8-14-6-5-12-9-14/h1-6,9H,8H2. The van der Waals surface area contributed by atoms with Crippen LogP contribution in [0.1, 0.15) is 11.1 Å². The fraction of sp³-hybridized carbons (Fsp3) is 0.0909. The minimum absolute atomic E-state index is 0.665. The van der Waals surface area contributed by atoms with E-state index in [0.29, 0.717) is 6.54 Å². The van der Waals surface area contributed by atoms with Gasteiger partial charge in [0, 0.05) is 23.9 Å². The molecule has 2 rings (SSSR count). The molecule has 1 heterocycles. The van der Waals surface area contributed by atoms with Gasteiger partial charge in [-0.05, 0) is 11.6 Å². The van der Waals surface area contributed by atoms with Crippen LogP contribution in [0.4, 0.5) is 0 Å². The number of rotatable bonds is 2. The van der Waals surface area contributed by atoms with Crippen molar-refractivity contribution in [2.45, 2.75) is 6.54 Å². The molecule has 0 aliphatic rings. The molecule has 0 atom stereocenters. The Morgan fingerprint density at radius 2 is 2.27 bits per heavy atom. The first-order valence-corrected chi connectivity index (χ1v) is 4.52. The van der Waals surface area contributed by atoms with Crippen molar-refractivity contribution in [1.82, 2.24) is 9.55 Å². The first kappa shape index (κ1) is 9.28. The number of benzene rings is 1. The van der Waals surface area contributed by atoms with Crippen molar-refractivity contribution in [2.75, 3.05) is 0 Å².